The number of hydrogen-bond acceptors (Lipinski definition) is 3. The van der Waals surface area contributed by atoms with E-state index in [4.69, 9.17) is 23.2 Å². The molecular formula is C18H21Cl2N3O2. The van der Waals surface area contributed by atoms with E-state index in [-0.39, 0.29) is 11.8 Å². The van der Waals surface area contributed by atoms with Gasteiger partial charge in [-0.2, -0.15) is 0 Å². The lowest BCUT2D eigenvalue weighted by Gasteiger charge is -2.25. The van der Waals surface area contributed by atoms with Crippen LogP contribution in [0.1, 0.15) is 29.6 Å². The van der Waals surface area contributed by atoms with Gasteiger partial charge in [0.05, 0.1) is 10.0 Å². The zero-order valence-electron chi connectivity index (χ0n) is 13.9. The third-order valence-corrected chi connectivity index (χ3v) is 5.37. The van der Waals surface area contributed by atoms with Gasteiger partial charge in [-0.3, -0.25) is 9.59 Å². The number of likely N-dealkylation sites (tertiary alicyclic amines) is 1. The molecule has 0 aliphatic carbocycles. The Morgan fingerprint density at radius 3 is 2.84 bits per heavy atom. The van der Waals surface area contributed by atoms with Gasteiger partial charge in [-0.15, -0.1) is 0 Å². The molecule has 2 aliphatic heterocycles. The molecule has 25 heavy (non-hydrogen) atoms. The minimum atomic E-state index is -0.427. The van der Waals surface area contributed by atoms with Gasteiger partial charge in [0.15, 0.2) is 0 Å². The highest BCUT2D eigenvalue weighted by atomic mass is 35.5. The van der Waals surface area contributed by atoms with Gasteiger partial charge in [-0.25, -0.2) is 0 Å². The molecule has 1 unspecified atom stereocenters. The van der Waals surface area contributed by atoms with Crippen LogP contribution in [0.3, 0.4) is 0 Å². The van der Waals surface area contributed by atoms with Crippen molar-refractivity contribution in [3.63, 3.8) is 0 Å². The number of rotatable bonds is 4. The number of amides is 2. The third kappa shape index (κ3) is 4.35. The number of benzene rings is 1. The van der Waals surface area contributed by atoms with Crippen molar-refractivity contribution >= 4 is 35.0 Å². The number of halogens is 2. The summed E-state index contributed by atoms with van der Waals surface area (Å²) in [7, 11) is 0. The van der Waals surface area contributed by atoms with Crippen LogP contribution in [0.2, 0.25) is 10.0 Å². The van der Waals surface area contributed by atoms with Crippen LogP contribution in [0.5, 0.6) is 0 Å². The molecule has 2 amide bonds. The molecule has 1 fully saturated rings. The summed E-state index contributed by atoms with van der Waals surface area (Å²) >= 11 is 11.9. The molecule has 3 rings (SSSR count). The number of nitrogens with one attached hydrogen (secondary N) is 2. The van der Waals surface area contributed by atoms with Crippen molar-refractivity contribution in [2.75, 3.05) is 26.2 Å². The summed E-state index contributed by atoms with van der Waals surface area (Å²) in [6, 6.07) is 4.37. The van der Waals surface area contributed by atoms with Gasteiger partial charge >= 0.3 is 0 Å². The Kier molecular flexibility index (Phi) is 5.99. The number of hydrogen-bond donors (Lipinski definition) is 2. The molecule has 0 spiro atoms. The Balaban J connectivity index is 1.64. The Labute approximate surface area is 157 Å². The van der Waals surface area contributed by atoms with E-state index in [9.17, 15) is 9.59 Å². The SMILES string of the molecule is O=C(NCC1=CCNCC1)C1CCCN1C(=O)c1ccc(Cl)c(Cl)c1. The van der Waals surface area contributed by atoms with E-state index in [1.807, 2.05) is 0 Å². The lowest BCUT2D eigenvalue weighted by Crippen LogP contribution is -2.46. The van der Waals surface area contributed by atoms with E-state index in [0.717, 1.165) is 25.9 Å². The highest BCUT2D eigenvalue weighted by molar-refractivity contribution is 6.42. The molecule has 7 heteroatoms. The highest BCUT2D eigenvalue weighted by Crippen LogP contribution is 2.26. The van der Waals surface area contributed by atoms with Crippen molar-refractivity contribution in [1.82, 2.24) is 15.5 Å². The van der Waals surface area contributed by atoms with Crippen LogP contribution in [0.4, 0.5) is 0 Å². The summed E-state index contributed by atoms with van der Waals surface area (Å²) < 4.78 is 0. The maximum Gasteiger partial charge on any atom is 0.254 e. The largest absolute Gasteiger partial charge is 0.351 e. The number of nitrogens with zero attached hydrogens (tertiary/aromatic N) is 1. The molecule has 2 N–H and O–H groups in total. The molecule has 0 radical (unpaired) electrons. The fraction of sp³-hybridized carbons (Fsp3) is 0.444. The lowest BCUT2D eigenvalue weighted by molar-refractivity contribution is -0.124. The maximum absolute atomic E-state index is 12.8. The van der Waals surface area contributed by atoms with E-state index in [0.29, 0.717) is 35.1 Å². The Bertz CT molecular complexity index is 706. The molecular weight excluding hydrogens is 361 g/mol. The molecule has 1 saturated heterocycles. The number of carbonyl (C=O) groups excluding carboxylic acids is 2. The predicted octanol–water partition coefficient (Wildman–Crippen LogP) is 2.63. The minimum Gasteiger partial charge on any atom is -0.351 e. The summed E-state index contributed by atoms with van der Waals surface area (Å²) in [5.74, 6) is -0.275. The average Bonchev–Trinajstić information content (AvgIpc) is 3.12. The number of carbonyl (C=O) groups is 2. The monoisotopic (exact) mass is 381 g/mol. The van der Waals surface area contributed by atoms with Gasteiger partial charge in [0.1, 0.15) is 6.04 Å². The summed E-state index contributed by atoms with van der Waals surface area (Å²) in [6.07, 6.45) is 4.55. The van der Waals surface area contributed by atoms with Crippen LogP contribution in [-0.2, 0) is 4.79 Å². The van der Waals surface area contributed by atoms with Crippen LogP contribution in [-0.4, -0.2) is 48.9 Å². The summed E-state index contributed by atoms with van der Waals surface area (Å²) in [5, 5.41) is 6.96. The molecule has 1 atom stereocenters. The van der Waals surface area contributed by atoms with Crippen molar-refractivity contribution in [1.29, 1.82) is 0 Å². The third-order valence-electron chi connectivity index (χ3n) is 4.63. The molecule has 0 bridgehead atoms. The van der Waals surface area contributed by atoms with Gasteiger partial charge in [0, 0.05) is 25.2 Å². The van der Waals surface area contributed by atoms with Crippen LogP contribution in [0.15, 0.2) is 29.8 Å². The normalized spacial score (nSPS) is 20.3. The van der Waals surface area contributed by atoms with Crippen LogP contribution < -0.4 is 10.6 Å². The van der Waals surface area contributed by atoms with E-state index in [1.54, 1.807) is 23.1 Å². The fourth-order valence-electron chi connectivity index (χ4n) is 3.23. The molecule has 0 saturated carbocycles. The van der Waals surface area contributed by atoms with E-state index in [1.165, 1.54) is 5.57 Å². The predicted molar refractivity (Wildman–Crippen MR) is 99.1 cm³/mol. The van der Waals surface area contributed by atoms with Gasteiger partial charge < -0.3 is 15.5 Å². The fourth-order valence-corrected chi connectivity index (χ4v) is 3.52. The second-order valence-electron chi connectivity index (χ2n) is 6.32. The van der Waals surface area contributed by atoms with Crippen molar-refractivity contribution in [2.45, 2.75) is 25.3 Å². The van der Waals surface area contributed by atoms with E-state index < -0.39 is 6.04 Å². The maximum atomic E-state index is 12.8. The molecule has 1 aromatic rings. The first-order chi connectivity index (χ1) is 12.1. The van der Waals surface area contributed by atoms with Crippen molar-refractivity contribution in [2.24, 2.45) is 0 Å². The Hall–Kier alpha value is -1.56. The van der Waals surface area contributed by atoms with E-state index >= 15 is 0 Å². The first kappa shape index (κ1) is 18.2. The van der Waals surface area contributed by atoms with Crippen LogP contribution in [0.25, 0.3) is 0 Å². The average molecular weight is 382 g/mol. The zero-order valence-corrected chi connectivity index (χ0v) is 15.4. The topological polar surface area (TPSA) is 61.4 Å². The lowest BCUT2D eigenvalue weighted by atomic mass is 10.1. The second kappa shape index (κ2) is 8.21. The van der Waals surface area contributed by atoms with Gasteiger partial charge in [-0.05, 0) is 44.0 Å². The quantitative estimate of drug-likeness (QED) is 0.788. The molecule has 5 nitrogen and oxygen atoms in total. The molecule has 2 aliphatic rings. The molecule has 1 aromatic carbocycles. The van der Waals surface area contributed by atoms with Gasteiger partial charge in [0.2, 0.25) is 5.91 Å². The molecule has 134 valence electrons. The van der Waals surface area contributed by atoms with Crippen LogP contribution >= 0.6 is 23.2 Å². The first-order valence-electron chi connectivity index (χ1n) is 8.48. The highest BCUT2D eigenvalue weighted by Gasteiger charge is 2.34. The molecule has 2 heterocycles. The van der Waals surface area contributed by atoms with Gasteiger partial charge in [0.25, 0.3) is 5.91 Å². The zero-order chi connectivity index (χ0) is 17.8. The van der Waals surface area contributed by atoms with Gasteiger partial charge in [-0.1, -0.05) is 34.9 Å². The summed E-state index contributed by atoms with van der Waals surface area (Å²) in [5.41, 5.74) is 1.68. The second-order valence-corrected chi connectivity index (χ2v) is 7.13. The minimum absolute atomic E-state index is 0.0923. The summed E-state index contributed by atoms with van der Waals surface area (Å²) in [4.78, 5) is 26.9. The Morgan fingerprint density at radius 2 is 2.12 bits per heavy atom. The van der Waals surface area contributed by atoms with Crippen molar-refractivity contribution in [3.05, 3.63) is 45.5 Å². The van der Waals surface area contributed by atoms with E-state index in [2.05, 4.69) is 16.7 Å². The summed E-state index contributed by atoms with van der Waals surface area (Å²) in [6.45, 7) is 2.90. The smallest absolute Gasteiger partial charge is 0.254 e. The first-order valence-corrected chi connectivity index (χ1v) is 9.24. The van der Waals surface area contributed by atoms with Crippen LogP contribution in [0, 0.1) is 0 Å². The Morgan fingerprint density at radius 1 is 1.28 bits per heavy atom. The van der Waals surface area contributed by atoms with Crippen molar-refractivity contribution in [3.8, 4) is 0 Å². The molecule has 0 aromatic heterocycles. The standard InChI is InChI=1S/C18H21Cl2N3O2/c19-14-4-3-13(10-15(14)20)18(25)23-9-1-2-16(23)17(24)22-11-12-5-7-21-8-6-12/h3-5,10,16,21H,1-2,6-9,11H2,(H,22,24). The van der Waals surface area contributed by atoms with Crippen molar-refractivity contribution < 1.29 is 9.59 Å².